The van der Waals surface area contributed by atoms with Gasteiger partial charge < -0.3 is 5.32 Å². The molecular formula is C13H25N. The first-order valence-electron chi connectivity index (χ1n) is 6.44. The maximum atomic E-state index is 3.59. The van der Waals surface area contributed by atoms with Crippen LogP contribution >= 0.6 is 0 Å². The van der Waals surface area contributed by atoms with Crippen molar-refractivity contribution in [1.82, 2.24) is 5.32 Å². The molecule has 1 nitrogen and oxygen atoms in total. The minimum Gasteiger partial charge on any atom is -0.316 e. The molecule has 2 rings (SSSR count). The number of nitrogens with one attached hydrogen (secondary N) is 1. The van der Waals surface area contributed by atoms with Crippen molar-refractivity contribution in [2.24, 2.45) is 17.3 Å². The minimum atomic E-state index is 0.759. The predicted molar refractivity (Wildman–Crippen MR) is 61.3 cm³/mol. The van der Waals surface area contributed by atoms with Crippen molar-refractivity contribution < 1.29 is 0 Å². The molecule has 1 aliphatic heterocycles. The van der Waals surface area contributed by atoms with Gasteiger partial charge >= 0.3 is 0 Å². The van der Waals surface area contributed by atoms with E-state index < -0.39 is 0 Å². The van der Waals surface area contributed by atoms with E-state index >= 15 is 0 Å². The van der Waals surface area contributed by atoms with Gasteiger partial charge in [0.05, 0.1) is 0 Å². The van der Waals surface area contributed by atoms with Gasteiger partial charge in [0.2, 0.25) is 0 Å². The summed E-state index contributed by atoms with van der Waals surface area (Å²) in [6.07, 6.45) is 8.92. The Balaban J connectivity index is 2.02. The van der Waals surface area contributed by atoms with Crippen molar-refractivity contribution in [3.8, 4) is 0 Å². The predicted octanol–water partition coefficient (Wildman–Crippen LogP) is 3.20. The molecule has 1 heteroatoms. The Morgan fingerprint density at radius 3 is 2.57 bits per heavy atom. The Labute approximate surface area is 88.7 Å². The van der Waals surface area contributed by atoms with Crippen LogP contribution in [0.5, 0.6) is 0 Å². The lowest BCUT2D eigenvalue weighted by Crippen LogP contribution is -2.44. The van der Waals surface area contributed by atoms with Crippen molar-refractivity contribution in [2.45, 2.75) is 52.4 Å². The molecule has 1 spiro atoms. The van der Waals surface area contributed by atoms with Crippen molar-refractivity contribution in [1.29, 1.82) is 0 Å². The van der Waals surface area contributed by atoms with Crippen LogP contribution in [0.4, 0.5) is 0 Å². The number of rotatable bonds is 2. The smallest absolute Gasteiger partial charge is 0.00151 e. The first-order valence-corrected chi connectivity index (χ1v) is 6.44. The van der Waals surface area contributed by atoms with Gasteiger partial charge in [-0.15, -0.1) is 0 Å². The second kappa shape index (κ2) is 4.22. The van der Waals surface area contributed by atoms with Gasteiger partial charge in [-0.05, 0) is 56.0 Å². The lowest BCUT2D eigenvalue weighted by molar-refractivity contribution is 0.0963. The van der Waals surface area contributed by atoms with E-state index in [1.807, 2.05) is 0 Å². The Morgan fingerprint density at radius 1 is 1.21 bits per heavy atom. The third-order valence-electron chi connectivity index (χ3n) is 4.41. The van der Waals surface area contributed by atoms with Gasteiger partial charge in [-0.2, -0.15) is 0 Å². The van der Waals surface area contributed by atoms with Crippen molar-refractivity contribution >= 4 is 0 Å². The van der Waals surface area contributed by atoms with Crippen LogP contribution in [0.2, 0.25) is 0 Å². The van der Waals surface area contributed by atoms with Crippen LogP contribution in [0.3, 0.4) is 0 Å². The molecule has 1 saturated heterocycles. The van der Waals surface area contributed by atoms with E-state index in [4.69, 9.17) is 0 Å². The van der Waals surface area contributed by atoms with Gasteiger partial charge in [-0.3, -0.25) is 0 Å². The van der Waals surface area contributed by atoms with Gasteiger partial charge in [0.25, 0.3) is 0 Å². The molecule has 0 amide bonds. The number of hydrogen-bond acceptors (Lipinski definition) is 1. The topological polar surface area (TPSA) is 12.0 Å². The maximum absolute atomic E-state index is 3.59. The summed E-state index contributed by atoms with van der Waals surface area (Å²) in [7, 11) is 0. The Bertz CT molecular complexity index is 180. The molecule has 82 valence electrons. The monoisotopic (exact) mass is 195 g/mol. The molecule has 1 heterocycles. The molecule has 0 aromatic heterocycles. The highest BCUT2D eigenvalue weighted by molar-refractivity contribution is 4.94. The average molecular weight is 195 g/mol. The normalized spacial score (nSPS) is 31.5. The number of hydrogen-bond donors (Lipinski definition) is 1. The summed E-state index contributed by atoms with van der Waals surface area (Å²) in [6, 6.07) is 0. The van der Waals surface area contributed by atoms with E-state index in [1.165, 1.54) is 51.6 Å². The van der Waals surface area contributed by atoms with Gasteiger partial charge in [0, 0.05) is 0 Å². The van der Waals surface area contributed by atoms with Gasteiger partial charge in [0.1, 0.15) is 0 Å². The summed E-state index contributed by atoms with van der Waals surface area (Å²) in [4.78, 5) is 0. The lowest BCUT2D eigenvalue weighted by atomic mass is 9.67. The van der Waals surface area contributed by atoms with Crippen LogP contribution in [0.25, 0.3) is 0 Å². The second-order valence-corrected chi connectivity index (χ2v) is 5.85. The summed E-state index contributed by atoms with van der Waals surface area (Å²) in [5.74, 6) is 1.84. The molecule has 2 aliphatic rings. The van der Waals surface area contributed by atoms with Crippen LogP contribution in [0, 0.1) is 17.3 Å². The standard InChI is InChI=1S/C13H25N/c1-11(2)9-12-10-14-8-7-13(12)5-3-4-6-13/h11-12,14H,3-10H2,1-2H3. The highest BCUT2D eigenvalue weighted by Crippen LogP contribution is 2.50. The quantitative estimate of drug-likeness (QED) is 0.713. The minimum absolute atomic E-state index is 0.759. The molecule has 1 aliphatic carbocycles. The second-order valence-electron chi connectivity index (χ2n) is 5.85. The third kappa shape index (κ3) is 1.98. The van der Waals surface area contributed by atoms with Crippen molar-refractivity contribution in [2.75, 3.05) is 13.1 Å². The Hall–Kier alpha value is -0.0400. The highest BCUT2D eigenvalue weighted by Gasteiger charge is 2.42. The first kappa shape index (κ1) is 10.5. The Morgan fingerprint density at radius 2 is 1.93 bits per heavy atom. The Kier molecular flexibility index (Phi) is 3.16. The van der Waals surface area contributed by atoms with Gasteiger partial charge in [-0.1, -0.05) is 26.7 Å². The molecule has 0 aromatic rings. The highest BCUT2D eigenvalue weighted by atomic mass is 14.9. The molecule has 1 N–H and O–H groups in total. The summed E-state index contributed by atoms with van der Waals surface area (Å²) in [5.41, 5.74) is 0.759. The fourth-order valence-corrected chi connectivity index (χ4v) is 3.67. The van der Waals surface area contributed by atoms with Crippen LogP contribution in [0.15, 0.2) is 0 Å². The molecule has 0 bridgehead atoms. The van der Waals surface area contributed by atoms with E-state index in [1.54, 1.807) is 0 Å². The maximum Gasteiger partial charge on any atom is -0.00151 e. The van der Waals surface area contributed by atoms with E-state index in [-0.39, 0.29) is 0 Å². The SMILES string of the molecule is CC(C)CC1CNCCC12CCCC2. The van der Waals surface area contributed by atoms with Crippen molar-refractivity contribution in [3.63, 3.8) is 0 Å². The first-order chi connectivity index (χ1) is 6.73. The fourth-order valence-electron chi connectivity index (χ4n) is 3.67. The molecule has 0 aromatic carbocycles. The van der Waals surface area contributed by atoms with E-state index in [0.717, 1.165) is 17.3 Å². The summed E-state index contributed by atoms with van der Waals surface area (Å²) < 4.78 is 0. The van der Waals surface area contributed by atoms with Crippen LogP contribution in [-0.4, -0.2) is 13.1 Å². The summed E-state index contributed by atoms with van der Waals surface area (Å²) in [5, 5.41) is 3.59. The molecule has 1 unspecified atom stereocenters. The number of piperidine rings is 1. The third-order valence-corrected chi connectivity index (χ3v) is 4.41. The van der Waals surface area contributed by atoms with Crippen LogP contribution in [0.1, 0.15) is 52.4 Å². The lowest BCUT2D eigenvalue weighted by Gasteiger charge is -2.43. The average Bonchev–Trinajstić information content (AvgIpc) is 2.58. The molecule has 14 heavy (non-hydrogen) atoms. The molecule has 1 atom stereocenters. The molecule has 0 radical (unpaired) electrons. The zero-order chi connectivity index (χ0) is 10.0. The van der Waals surface area contributed by atoms with Crippen molar-refractivity contribution in [3.05, 3.63) is 0 Å². The zero-order valence-electron chi connectivity index (χ0n) is 9.81. The largest absolute Gasteiger partial charge is 0.316 e. The van der Waals surface area contributed by atoms with E-state index in [0.29, 0.717) is 0 Å². The van der Waals surface area contributed by atoms with E-state index in [2.05, 4.69) is 19.2 Å². The van der Waals surface area contributed by atoms with Crippen LogP contribution in [-0.2, 0) is 0 Å². The van der Waals surface area contributed by atoms with E-state index in [9.17, 15) is 0 Å². The molecular weight excluding hydrogens is 170 g/mol. The van der Waals surface area contributed by atoms with Crippen LogP contribution < -0.4 is 5.32 Å². The van der Waals surface area contributed by atoms with Gasteiger partial charge in [-0.25, -0.2) is 0 Å². The molecule has 2 fully saturated rings. The fraction of sp³-hybridized carbons (Fsp3) is 1.00. The summed E-state index contributed by atoms with van der Waals surface area (Å²) in [6.45, 7) is 7.31. The summed E-state index contributed by atoms with van der Waals surface area (Å²) >= 11 is 0. The zero-order valence-corrected chi connectivity index (χ0v) is 9.81. The molecule has 1 saturated carbocycles. The van der Waals surface area contributed by atoms with Gasteiger partial charge in [0.15, 0.2) is 0 Å².